The molecule has 0 spiro atoms. The Morgan fingerprint density at radius 3 is 2.80 bits per heavy atom. The van der Waals surface area contributed by atoms with E-state index in [1.165, 1.54) is 6.33 Å². The molecule has 0 amide bonds. The van der Waals surface area contributed by atoms with Crippen molar-refractivity contribution in [2.24, 2.45) is 0 Å². The second kappa shape index (κ2) is 3.20. The molecule has 2 aromatic heterocycles. The maximum absolute atomic E-state index is 10.8. The topological polar surface area (TPSA) is 67.5 Å². The van der Waals surface area contributed by atoms with Crippen LogP contribution in [0.5, 0.6) is 0 Å². The van der Waals surface area contributed by atoms with Gasteiger partial charge in [0, 0.05) is 11.3 Å². The fraction of sp³-hybridized carbons (Fsp3) is 0.222. The van der Waals surface area contributed by atoms with E-state index < -0.39 is 5.97 Å². The van der Waals surface area contributed by atoms with Crippen molar-refractivity contribution in [1.29, 1.82) is 0 Å². The number of imidazole rings is 1. The van der Waals surface area contributed by atoms with Gasteiger partial charge in [-0.25, -0.2) is 14.8 Å². The largest absolute Gasteiger partial charge is 0.476 e. The maximum atomic E-state index is 10.8. The smallest absolute Gasteiger partial charge is 0.358 e. The van der Waals surface area contributed by atoms with Gasteiger partial charge in [-0.05, 0) is 13.8 Å². The summed E-state index contributed by atoms with van der Waals surface area (Å²) in [6.07, 6.45) is 1.43. The summed E-state index contributed by atoms with van der Waals surface area (Å²) < 4.78 is 1.62. The molecule has 0 aliphatic carbocycles. The second-order valence-electron chi connectivity index (χ2n) is 3.20. The lowest BCUT2D eigenvalue weighted by Crippen LogP contribution is -2.02. The molecule has 2 heterocycles. The van der Waals surface area contributed by atoms with Crippen LogP contribution >= 0.6 is 11.6 Å². The molecule has 5 nitrogen and oxygen atoms in total. The van der Waals surface area contributed by atoms with Crippen LogP contribution in [0, 0.1) is 13.8 Å². The normalized spacial score (nSPS) is 10.9. The minimum Gasteiger partial charge on any atom is -0.476 e. The summed E-state index contributed by atoms with van der Waals surface area (Å²) in [5.41, 5.74) is 1.85. The summed E-state index contributed by atoms with van der Waals surface area (Å²) in [7, 11) is 0. The van der Waals surface area contributed by atoms with Gasteiger partial charge in [-0.1, -0.05) is 11.6 Å². The third-order valence-electron chi connectivity index (χ3n) is 2.36. The fourth-order valence-electron chi connectivity index (χ4n) is 1.35. The second-order valence-corrected chi connectivity index (χ2v) is 3.56. The van der Waals surface area contributed by atoms with Gasteiger partial charge >= 0.3 is 5.97 Å². The zero-order valence-corrected chi connectivity index (χ0v) is 8.91. The number of aromatic nitrogens is 3. The Hall–Kier alpha value is -1.62. The Kier molecular flexibility index (Phi) is 2.12. The molecular formula is C9H8ClN3O2. The lowest BCUT2D eigenvalue weighted by atomic mass is 10.2. The summed E-state index contributed by atoms with van der Waals surface area (Å²) in [6, 6.07) is 0. The Labute approximate surface area is 90.3 Å². The third-order valence-corrected chi connectivity index (χ3v) is 2.73. The Morgan fingerprint density at radius 2 is 2.20 bits per heavy atom. The van der Waals surface area contributed by atoms with Gasteiger partial charge in [-0.2, -0.15) is 0 Å². The van der Waals surface area contributed by atoms with Crippen LogP contribution in [0.3, 0.4) is 0 Å². The van der Waals surface area contributed by atoms with Gasteiger partial charge < -0.3 is 5.11 Å². The first-order valence-electron chi connectivity index (χ1n) is 4.25. The van der Waals surface area contributed by atoms with Crippen LogP contribution in [-0.4, -0.2) is 25.4 Å². The van der Waals surface area contributed by atoms with Crippen molar-refractivity contribution in [1.82, 2.24) is 14.4 Å². The molecular weight excluding hydrogens is 218 g/mol. The molecule has 2 rings (SSSR count). The molecule has 1 N–H and O–H groups in total. The van der Waals surface area contributed by atoms with Crippen molar-refractivity contribution in [3.63, 3.8) is 0 Å². The Bertz CT molecular complexity index is 562. The van der Waals surface area contributed by atoms with Crippen LogP contribution in [0.4, 0.5) is 0 Å². The number of carboxylic acids is 1. The molecule has 0 radical (unpaired) electrons. The van der Waals surface area contributed by atoms with E-state index in [1.54, 1.807) is 4.40 Å². The lowest BCUT2D eigenvalue weighted by molar-refractivity contribution is 0.0693. The first kappa shape index (κ1) is 9.92. The van der Waals surface area contributed by atoms with Gasteiger partial charge in [0.2, 0.25) is 0 Å². The van der Waals surface area contributed by atoms with Crippen LogP contribution in [0.25, 0.3) is 5.65 Å². The average molecular weight is 226 g/mol. The van der Waals surface area contributed by atoms with Crippen LogP contribution in [0.2, 0.25) is 5.15 Å². The predicted molar refractivity (Wildman–Crippen MR) is 54.4 cm³/mol. The van der Waals surface area contributed by atoms with Crippen LogP contribution in [0.15, 0.2) is 6.33 Å². The molecule has 2 aromatic rings. The number of hydrogen-bond donors (Lipinski definition) is 1. The zero-order chi connectivity index (χ0) is 11.2. The molecule has 0 bridgehead atoms. The van der Waals surface area contributed by atoms with Gasteiger partial charge in [0.1, 0.15) is 11.5 Å². The number of hydrogen-bond acceptors (Lipinski definition) is 3. The molecule has 0 fully saturated rings. The number of halogens is 1. The highest BCUT2D eigenvalue weighted by atomic mass is 35.5. The maximum Gasteiger partial charge on any atom is 0.358 e. The molecule has 0 aliphatic heterocycles. The van der Waals surface area contributed by atoms with E-state index >= 15 is 0 Å². The zero-order valence-electron chi connectivity index (χ0n) is 8.15. The van der Waals surface area contributed by atoms with E-state index in [0.717, 1.165) is 11.3 Å². The van der Waals surface area contributed by atoms with E-state index in [-0.39, 0.29) is 11.3 Å². The van der Waals surface area contributed by atoms with E-state index in [1.807, 2.05) is 13.8 Å². The van der Waals surface area contributed by atoms with Crippen molar-refractivity contribution in [2.75, 3.05) is 0 Å². The number of carboxylic acid groups (broad SMARTS) is 1. The summed E-state index contributed by atoms with van der Waals surface area (Å²) in [6.45, 7) is 3.66. The highest BCUT2D eigenvalue weighted by molar-refractivity contribution is 6.30. The molecule has 0 saturated heterocycles. The van der Waals surface area contributed by atoms with E-state index in [0.29, 0.717) is 5.15 Å². The Balaban J connectivity index is 2.89. The number of fused-ring (bicyclic) bond motifs is 1. The number of aryl methyl sites for hydroxylation is 1. The van der Waals surface area contributed by atoms with E-state index in [2.05, 4.69) is 9.97 Å². The van der Waals surface area contributed by atoms with E-state index in [4.69, 9.17) is 16.7 Å². The standard InChI is InChI=1S/C9H8ClN3O2/c1-4-5(2)13-3-11-6(9(14)15)8(13)12-7(4)10/h3H,1-2H3,(H,14,15). The summed E-state index contributed by atoms with van der Waals surface area (Å²) in [5.74, 6) is -1.11. The monoisotopic (exact) mass is 225 g/mol. The van der Waals surface area contributed by atoms with Gasteiger partial charge in [-0.3, -0.25) is 4.40 Å². The highest BCUT2D eigenvalue weighted by Gasteiger charge is 2.16. The minimum absolute atomic E-state index is 0.0833. The molecule has 78 valence electrons. The van der Waals surface area contributed by atoms with Crippen LogP contribution in [-0.2, 0) is 0 Å². The molecule has 15 heavy (non-hydrogen) atoms. The van der Waals surface area contributed by atoms with Gasteiger partial charge in [0.05, 0.1) is 0 Å². The number of aromatic carboxylic acids is 1. The van der Waals surface area contributed by atoms with Gasteiger partial charge in [-0.15, -0.1) is 0 Å². The van der Waals surface area contributed by atoms with E-state index in [9.17, 15) is 4.79 Å². The van der Waals surface area contributed by atoms with Crippen LogP contribution < -0.4 is 0 Å². The van der Waals surface area contributed by atoms with Crippen molar-refractivity contribution >= 4 is 23.2 Å². The highest BCUT2D eigenvalue weighted by Crippen LogP contribution is 2.19. The molecule has 0 atom stereocenters. The molecule has 6 heteroatoms. The van der Waals surface area contributed by atoms with Crippen molar-refractivity contribution < 1.29 is 9.90 Å². The number of carbonyl (C=O) groups is 1. The van der Waals surface area contributed by atoms with Crippen molar-refractivity contribution in [3.05, 3.63) is 28.4 Å². The van der Waals surface area contributed by atoms with Crippen molar-refractivity contribution in [2.45, 2.75) is 13.8 Å². The van der Waals surface area contributed by atoms with Crippen LogP contribution in [0.1, 0.15) is 21.7 Å². The summed E-state index contributed by atoms with van der Waals surface area (Å²) in [4.78, 5) is 18.6. The Morgan fingerprint density at radius 1 is 1.53 bits per heavy atom. The molecule has 0 saturated carbocycles. The molecule has 0 aliphatic rings. The summed E-state index contributed by atoms with van der Waals surface area (Å²) >= 11 is 5.88. The van der Waals surface area contributed by atoms with Gasteiger partial charge in [0.25, 0.3) is 0 Å². The predicted octanol–water partition coefficient (Wildman–Crippen LogP) is 1.70. The first-order valence-corrected chi connectivity index (χ1v) is 4.63. The molecule has 0 unspecified atom stereocenters. The first-order chi connectivity index (χ1) is 7.02. The fourth-order valence-corrected chi connectivity index (χ4v) is 1.57. The quantitative estimate of drug-likeness (QED) is 0.750. The summed E-state index contributed by atoms with van der Waals surface area (Å²) in [5, 5.41) is 9.17. The van der Waals surface area contributed by atoms with Crippen molar-refractivity contribution in [3.8, 4) is 0 Å². The number of rotatable bonds is 1. The third kappa shape index (κ3) is 1.35. The van der Waals surface area contributed by atoms with Gasteiger partial charge in [0.15, 0.2) is 11.3 Å². The average Bonchev–Trinajstić information content (AvgIpc) is 2.58. The number of nitrogens with zero attached hydrogens (tertiary/aromatic N) is 3. The molecule has 0 aromatic carbocycles. The lowest BCUT2D eigenvalue weighted by Gasteiger charge is -2.05. The SMILES string of the molecule is Cc1c(Cl)nc2c(C(=O)O)ncn2c1C. The minimum atomic E-state index is -1.11.